The van der Waals surface area contributed by atoms with Gasteiger partial charge in [0.2, 0.25) is 5.91 Å². The van der Waals surface area contributed by atoms with Crippen LogP contribution < -0.4 is 5.32 Å². The Morgan fingerprint density at radius 1 is 1.39 bits per heavy atom. The second-order valence-corrected chi connectivity index (χ2v) is 5.55. The average molecular weight is 266 g/mol. The minimum absolute atomic E-state index is 0.0280. The van der Waals surface area contributed by atoms with E-state index < -0.39 is 0 Å². The number of halogens is 1. The van der Waals surface area contributed by atoms with E-state index in [9.17, 15) is 9.18 Å². The minimum Gasteiger partial charge on any atom is -0.312 e. The number of hydrogen-bond acceptors (Lipinski definition) is 3. The fourth-order valence-electron chi connectivity index (χ4n) is 1.68. The molecule has 1 unspecified atom stereocenters. The summed E-state index contributed by atoms with van der Waals surface area (Å²) in [7, 11) is 0. The lowest BCUT2D eigenvalue weighted by Gasteiger charge is -2.06. The number of amidine groups is 1. The normalized spacial score (nSPS) is 19.0. The third kappa shape index (κ3) is 3.10. The first-order chi connectivity index (χ1) is 8.56. The number of hydrogen-bond donors (Lipinski definition) is 1. The number of nitrogens with one attached hydrogen (secondary N) is 1. The van der Waals surface area contributed by atoms with E-state index in [1.807, 2.05) is 13.8 Å². The van der Waals surface area contributed by atoms with Crippen molar-refractivity contribution in [1.82, 2.24) is 5.32 Å². The van der Waals surface area contributed by atoms with Crippen LogP contribution in [-0.4, -0.2) is 23.5 Å². The predicted molar refractivity (Wildman–Crippen MR) is 71.3 cm³/mol. The van der Waals surface area contributed by atoms with Crippen LogP contribution in [-0.2, 0) is 4.79 Å². The number of carbonyl (C=O) groups excluding carboxylic acids is 1. The molecule has 0 aromatic heterocycles. The van der Waals surface area contributed by atoms with Crippen molar-refractivity contribution in [2.75, 3.05) is 5.75 Å². The van der Waals surface area contributed by atoms with Gasteiger partial charge in [0.1, 0.15) is 17.7 Å². The van der Waals surface area contributed by atoms with Crippen LogP contribution in [0.15, 0.2) is 34.2 Å². The molecule has 1 heterocycles. The van der Waals surface area contributed by atoms with Crippen molar-refractivity contribution < 1.29 is 9.18 Å². The molecule has 5 heteroatoms. The first kappa shape index (κ1) is 13.1. The molecule has 96 valence electrons. The van der Waals surface area contributed by atoms with Gasteiger partial charge in [-0.15, -0.1) is 11.8 Å². The molecule has 0 fully saturated rings. The Balaban J connectivity index is 1.93. The topological polar surface area (TPSA) is 41.5 Å². The number of thioether (sulfide) groups is 1. The van der Waals surface area contributed by atoms with Crippen molar-refractivity contribution in [3.8, 4) is 0 Å². The van der Waals surface area contributed by atoms with Crippen molar-refractivity contribution in [3.63, 3.8) is 0 Å². The van der Waals surface area contributed by atoms with Gasteiger partial charge in [0.15, 0.2) is 0 Å². The van der Waals surface area contributed by atoms with Gasteiger partial charge in [-0.1, -0.05) is 13.8 Å². The first-order valence-corrected chi connectivity index (χ1v) is 6.80. The minimum atomic E-state index is -0.270. The third-order valence-corrected chi connectivity index (χ3v) is 3.67. The van der Waals surface area contributed by atoms with Gasteiger partial charge >= 0.3 is 0 Å². The number of nitrogens with zero attached hydrogens (tertiary/aromatic N) is 1. The van der Waals surface area contributed by atoms with Crippen molar-refractivity contribution in [2.24, 2.45) is 10.9 Å². The average Bonchev–Trinajstić information content (AvgIpc) is 2.70. The Kier molecular flexibility index (Phi) is 4.01. The molecular formula is C13H15FN2OS. The van der Waals surface area contributed by atoms with E-state index >= 15 is 0 Å². The van der Waals surface area contributed by atoms with Crippen LogP contribution in [0.1, 0.15) is 13.8 Å². The number of aliphatic imine (C=N–C) groups is 1. The second kappa shape index (κ2) is 5.52. The van der Waals surface area contributed by atoms with Gasteiger partial charge in [0.25, 0.3) is 0 Å². The van der Waals surface area contributed by atoms with E-state index in [2.05, 4.69) is 10.3 Å². The summed E-state index contributed by atoms with van der Waals surface area (Å²) in [5.41, 5.74) is 0. The fourth-order valence-corrected chi connectivity index (χ4v) is 2.46. The van der Waals surface area contributed by atoms with Crippen LogP contribution in [0.2, 0.25) is 0 Å². The van der Waals surface area contributed by atoms with Gasteiger partial charge in [-0.2, -0.15) is 0 Å². The van der Waals surface area contributed by atoms with Crippen LogP contribution in [0.25, 0.3) is 0 Å². The standard InChI is InChI=1S/C13H15FN2OS/c1-8(2)12-13(17)16-11(15-12)7-18-10-5-3-9(14)4-6-10/h3-6,8,12H,7H2,1-2H3,(H,15,16,17). The third-order valence-electron chi connectivity index (χ3n) is 2.65. The van der Waals surface area contributed by atoms with Crippen molar-refractivity contribution in [2.45, 2.75) is 24.8 Å². The Labute approximate surface area is 110 Å². The maximum absolute atomic E-state index is 12.7. The molecule has 18 heavy (non-hydrogen) atoms. The zero-order chi connectivity index (χ0) is 13.1. The molecule has 1 aromatic carbocycles. The molecule has 1 aliphatic heterocycles. The van der Waals surface area contributed by atoms with Gasteiger partial charge in [-0.25, -0.2) is 4.39 Å². The van der Waals surface area contributed by atoms with E-state index in [-0.39, 0.29) is 23.7 Å². The molecule has 2 rings (SSSR count). The summed E-state index contributed by atoms with van der Waals surface area (Å²) in [4.78, 5) is 16.9. The van der Waals surface area contributed by atoms with E-state index in [4.69, 9.17) is 0 Å². The van der Waals surface area contributed by atoms with Crippen LogP contribution in [0.5, 0.6) is 0 Å². The van der Waals surface area contributed by atoms with Crippen LogP contribution in [0.3, 0.4) is 0 Å². The largest absolute Gasteiger partial charge is 0.312 e. The Morgan fingerprint density at radius 2 is 2.06 bits per heavy atom. The number of amides is 1. The first-order valence-electron chi connectivity index (χ1n) is 5.82. The second-order valence-electron chi connectivity index (χ2n) is 4.50. The van der Waals surface area contributed by atoms with Gasteiger partial charge in [0, 0.05) is 4.90 Å². The molecule has 0 radical (unpaired) electrons. The van der Waals surface area contributed by atoms with Gasteiger partial charge in [-0.05, 0) is 30.2 Å². The van der Waals surface area contributed by atoms with Crippen LogP contribution in [0.4, 0.5) is 4.39 Å². The van der Waals surface area contributed by atoms with Crippen molar-refractivity contribution >= 4 is 23.5 Å². The summed E-state index contributed by atoms with van der Waals surface area (Å²) in [5, 5.41) is 2.78. The van der Waals surface area contributed by atoms with E-state index in [1.165, 1.54) is 23.9 Å². The number of rotatable bonds is 4. The Morgan fingerprint density at radius 3 is 2.61 bits per heavy atom. The summed E-state index contributed by atoms with van der Waals surface area (Å²) in [5.74, 6) is 1.23. The number of benzene rings is 1. The molecule has 0 aliphatic carbocycles. The summed E-state index contributed by atoms with van der Waals surface area (Å²) in [6, 6.07) is 6.02. The molecule has 1 aromatic rings. The molecule has 1 N–H and O–H groups in total. The smallest absolute Gasteiger partial charge is 0.250 e. The van der Waals surface area contributed by atoms with Crippen LogP contribution in [0, 0.1) is 11.7 Å². The zero-order valence-corrected chi connectivity index (χ0v) is 11.1. The molecule has 0 bridgehead atoms. The van der Waals surface area contributed by atoms with E-state index in [0.717, 1.165) is 4.90 Å². The maximum Gasteiger partial charge on any atom is 0.250 e. The highest BCUT2D eigenvalue weighted by molar-refractivity contribution is 8.00. The zero-order valence-electron chi connectivity index (χ0n) is 10.3. The van der Waals surface area contributed by atoms with Gasteiger partial charge < -0.3 is 5.32 Å². The predicted octanol–water partition coefficient (Wildman–Crippen LogP) is 2.47. The molecule has 1 aliphatic rings. The Bertz CT molecular complexity index is 470. The van der Waals surface area contributed by atoms with E-state index in [1.54, 1.807) is 12.1 Å². The van der Waals surface area contributed by atoms with Crippen molar-refractivity contribution in [3.05, 3.63) is 30.1 Å². The van der Waals surface area contributed by atoms with Gasteiger partial charge in [0.05, 0.1) is 5.75 Å². The molecule has 0 saturated heterocycles. The lowest BCUT2D eigenvalue weighted by atomic mass is 10.1. The van der Waals surface area contributed by atoms with E-state index in [0.29, 0.717) is 11.6 Å². The Hall–Kier alpha value is -1.36. The highest BCUT2D eigenvalue weighted by Gasteiger charge is 2.28. The summed E-state index contributed by atoms with van der Waals surface area (Å²) >= 11 is 1.53. The summed E-state index contributed by atoms with van der Waals surface area (Å²) in [6.45, 7) is 3.95. The molecule has 0 spiro atoms. The highest BCUT2D eigenvalue weighted by atomic mass is 32.2. The van der Waals surface area contributed by atoms with Crippen LogP contribution >= 0.6 is 11.8 Å². The molecule has 3 nitrogen and oxygen atoms in total. The quantitative estimate of drug-likeness (QED) is 0.851. The van der Waals surface area contributed by atoms with Gasteiger partial charge in [-0.3, -0.25) is 9.79 Å². The lowest BCUT2D eigenvalue weighted by Crippen LogP contribution is -2.31. The van der Waals surface area contributed by atoms with Crippen molar-refractivity contribution in [1.29, 1.82) is 0 Å². The molecular weight excluding hydrogens is 251 g/mol. The highest BCUT2D eigenvalue weighted by Crippen LogP contribution is 2.20. The number of carbonyl (C=O) groups is 1. The SMILES string of the molecule is CC(C)C1N=C(CSc2ccc(F)cc2)NC1=O. The lowest BCUT2D eigenvalue weighted by molar-refractivity contribution is -0.120. The molecule has 1 amide bonds. The maximum atomic E-state index is 12.7. The molecule has 1 atom stereocenters. The summed E-state index contributed by atoms with van der Waals surface area (Å²) in [6.07, 6.45) is 0. The summed E-state index contributed by atoms with van der Waals surface area (Å²) < 4.78 is 12.7. The monoisotopic (exact) mass is 266 g/mol. The molecule has 0 saturated carbocycles. The fraction of sp³-hybridized carbons (Fsp3) is 0.385.